The summed E-state index contributed by atoms with van der Waals surface area (Å²) in [7, 11) is 3.86. The third-order valence-electron chi connectivity index (χ3n) is 7.79. The molecule has 2 amide bonds. The summed E-state index contributed by atoms with van der Waals surface area (Å²) in [5.41, 5.74) is -0.516. The lowest BCUT2D eigenvalue weighted by Crippen LogP contribution is -2.55. The van der Waals surface area contributed by atoms with Gasteiger partial charge in [0, 0.05) is 75.9 Å². The molecule has 0 radical (unpaired) electrons. The zero-order valence-electron chi connectivity index (χ0n) is 19.4. The molecular weight excluding hydrogens is 404 g/mol. The number of aryl methyl sites for hydroxylation is 2. The van der Waals surface area contributed by atoms with Crippen LogP contribution in [0.3, 0.4) is 0 Å². The molecule has 2 aromatic heterocycles. The molecule has 2 bridgehead atoms. The molecular formula is C24H36N6O2. The molecule has 8 heteroatoms. The quantitative estimate of drug-likeness (QED) is 0.569. The van der Waals surface area contributed by atoms with Gasteiger partial charge in [0.05, 0.1) is 12.7 Å². The number of carbonyl (C=O) groups excluding carboxylic acids is 2. The first kappa shape index (κ1) is 22.6. The number of carbonyl (C=O) groups is 2. The number of aromatic nitrogens is 4. The van der Waals surface area contributed by atoms with Gasteiger partial charge in [0.15, 0.2) is 0 Å². The van der Waals surface area contributed by atoms with Gasteiger partial charge in [-0.1, -0.05) is 0 Å². The zero-order chi connectivity index (χ0) is 22.6. The Morgan fingerprint density at radius 2 is 1.12 bits per heavy atom. The fourth-order valence-corrected chi connectivity index (χ4v) is 5.66. The summed E-state index contributed by atoms with van der Waals surface area (Å²) in [6, 6.07) is 0. The van der Waals surface area contributed by atoms with Crippen molar-refractivity contribution in [2.75, 3.05) is 27.2 Å². The molecule has 174 valence electrons. The monoisotopic (exact) mass is 440 g/mol. The molecule has 32 heavy (non-hydrogen) atoms. The van der Waals surface area contributed by atoms with E-state index in [1.807, 2.05) is 58.1 Å². The number of imidazole rings is 2. The fourth-order valence-electron chi connectivity index (χ4n) is 5.66. The molecule has 5 rings (SSSR count). The van der Waals surface area contributed by atoms with E-state index in [1.54, 1.807) is 12.4 Å². The summed E-state index contributed by atoms with van der Waals surface area (Å²) in [6.45, 7) is 3.25. The Hall–Kier alpha value is -2.64. The summed E-state index contributed by atoms with van der Waals surface area (Å²) in [5, 5.41) is 0. The Morgan fingerprint density at radius 1 is 0.750 bits per heavy atom. The van der Waals surface area contributed by atoms with Crippen LogP contribution in [0.25, 0.3) is 0 Å². The number of nitrogens with zero attached hydrogens (tertiary/aromatic N) is 6. The van der Waals surface area contributed by atoms with Gasteiger partial charge in [-0.25, -0.2) is 9.97 Å². The van der Waals surface area contributed by atoms with Gasteiger partial charge in [0.25, 0.3) is 0 Å². The van der Waals surface area contributed by atoms with Crippen LogP contribution in [0, 0.1) is 10.8 Å². The number of hydrogen-bond acceptors (Lipinski definition) is 4. The van der Waals surface area contributed by atoms with Gasteiger partial charge in [-0.15, -0.1) is 0 Å². The summed E-state index contributed by atoms with van der Waals surface area (Å²) < 4.78 is 4.09. The molecule has 0 N–H and O–H groups in total. The fraction of sp³-hybridized carbons (Fsp3) is 0.667. The van der Waals surface area contributed by atoms with Crippen molar-refractivity contribution in [3.8, 4) is 0 Å². The highest BCUT2D eigenvalue weighted by atomic mass is 16.2. The Morgan fingerprint density at radius 3 is 1.44 bits per heavy atom. The first-order valence-corrected chi connectivity index (χ1v) is 11.9. The van der Waals surface area contributed by atoms with E-state index >= 15 is 0 Å². The predicted molar refractivity (Wildman–Crippen MR) is 122 cm³/mol. The van der Waals surface area contributed by atoms with Crippen molar-refractivity contribution < 1.29 is 9.59 Å². The number of fused-ring (bicyclic) bond motifs is 3. The van der Waals surface area contributed by atoms with Gasteiger partial charge in [-0.3, -0.25) is 9.59 Å². The van der Waals surface area contributed by atoms with Crippen molar-refractivity contribution in [3.05, 3.63) is 37.4 Å². The standard InChI is InChI=1S/C24H36N6O2/c1-27(13-3-15-29-17-11-25-19-29)21(31)23-5-8-24(9-6-23,10-7-23)22(32)28(2)14-4-16-30-18-12-26-20-30/h11-12,17-20H,3-10,13-16H2,1-2H3. The average Bonchev–Trinajstić information content (AvgIpc) is 3.53. The summed E-state index contributed by atoms with van der Waals surface area (Å²) in [6.07, 6.45) is 18.0. The van der Waals surface area contributed by atoms with E-state index in [2.05, 4.69) is 9.97 Å². The maximum atomic E-state index is 13.3. The normalized spacial score (nSPS) is 24.4. The molecule has 3 fully saturated rings. The van der Waals surface area contributed by atoms with Crippen molar-refractivity contribution in [3.63, 3.8) is 0 Å². The van der Waals surface area contributed by atoms with E-state index in [4.69, 9.17) is 0 Å². The minimum absolute atomic E-state index is 0.258. The largest absolute Gasteiger partial charge is 0.345 e. The number of hydrogen-bond donors (Lipinski definition) is 0. The number of rotatable bonds is 10. The molecule has 0 atom stereocenters. The highest BCUT2D eigenvalue weighted by Gasteiger charge is 2.56. The Kier molecular flexibility index (Phi) is 6.67. The zero-order valence-corrected chi connectivity index (χ0v) is 19.4. The van der Waals surface area contributed by atoms with Crippen molar-refractivity contribution in [1.82, 2.24) is 28.9 Å². The minimum atomic E-state index is -0.258. The van der Waals surface area contributed by atoms with Gasteiger partial charge in [-0.05, 0) is 51.4 Å². The van der Waals surface area contributed by atoms with Gasteiger partial charge >= 0.3 is 0 Å². The van der Waals surface area contributed by atoms with Crippen LogP contribution in [0.5, 0.6) is 0 Å². The van der Waals surface area contributed by atoms with Crippen molar-refractivity contribution in [2.24, 2.45) is 10.8 Å². The van der Waals surface area contributed by atoms with Crippen molar-refractivity contribution in [2.45, 2.75) is 64.5 Å². The third-order valence-corrected chi connectivity index (χ3v) is 7.79. The number of amides is 2. The average molecular weight is 441 g/mol. The van der Waals surface area contributed by atoms with E-state index in [-0.39, 0.29) is 22.6 Å². The molecule has 0 aromatic carbocycles. The Labute approximate surface area is 190 Å². The molecule has 2 aromatic rings. The van der Waals surface area contributed by atoms with Gasteiger partial charge in [0.1, 0.15) is 0 Å². The van der Waals surface area contributed by atoms with E-state index in [0.29, 0.717) is 0 Å². The van der Waals surface area contributed by atoms with Crippen molar-refractivity contribution in [1.29, 1.82) is 0 Å². The highest BCUT2D eigenvalue weighted by molar-refractivity contribution is 5.86. The second kappa shape index (κ2) is 9.46. The first-order chi connectivity index (χ1) is 15.4. The van der Waals surface area contributed by atoms with E-state index in [9.17, 15) is 9.59 Å². The summed E-state index contributed by atoms with van der Waals surface area (Å²) >= 11 is 0. The van der Waals surface area contributed by atoms with Crippen molar-refractivity contribution >= 4 is 11.8 Å². The van der Waals surface area contributed by atoms with Gasteiger partial charge in [-0.2, -0.15) is 0 Å². The van der Waals surface area contributed by atoms with Crippen LogP contribution in [-0.2, 0) is 22.7 Å². The summed E-state index contributed by atoms with van der Waals surface area (Å²) in [5.74, 6) is 0.551. The van der Waals surface area contributed by atoms with Gasteiger partial charge in [0.2, 0.25) is 11.8 Å². The lowest BCUT2D eigenvalue weighted by atomic mass is 9.53. The topological polar surface area (TPSA) is 76.3 Å². The first-order valence-electron chi connectivity index (χ1n) is 11.9. The minimum Gasteiger partial charge on any atom is -0.345 e. The lowest BCUT2D eigenvalue weighted by molar-refractivity contribution is -0.161. The second-order valence-corrected chi connectivity index (χ2v) is 9.82. The molecule has 3 saturated carbocycles. The predicted octanol–water partition coefficient (Wildman–Crippen LogP) is 2.82. The van der Waals surface area contributed by atoms with Crippen LogP contribution >= 0.6 is 0 Å². The SMILES string of the molecule is CN(CCCn1ccnc1)C(=O)C12CCC(C(=O)N(C)CCCn3ccnc3)(CC1)CC2. The van der Waals surface area contributed by atoms with Crippen LogP contribution in [-0.4, -0.2) is 67.9 Å². The Balaban J connectivity index is 1.26. The molecule has 0 spiro atoms. The second-order valence-electron chi connectivity index (χ2n) is 9.82. The maximum absolute atomic E-state index is 13.3. The molecule has 8 nitrogen and oxygen atoms in total. The van der Waals surface area contributed by atoms with Crippen LogP contribution in [0.4, 0.5) is 0 Å². The Bertz CT molecular complexity index is 793. The molecule has 0 aliphatic heterocycles. The smallest absolute Gasteiger partial charge is 0.228 e. The molecule has 3 aliphatic carbocycles. The lowest BCUT2D eigenvalue weighted by Gasteiger charge is -2.53. The maximum Gasteiger partial charge on any atom is 0.228 e. The van der Waals surface area contributed by atoms with E-state index < -0.39 is 0 Å². The highest BCUT2D eigenvalue weighted by Crippen LogP contribution is 2.58. The van der Waals surface area contributed by atoms with Crippen LogP contribution in [0.2, 0.25) is 0 Å². The van der Waals surface area contributed by atoms with Crippen LogP contribution in [0.15, 0.2) is 37.4 Å². The molecule has 0 unspecified atom stereocenters. The van der Waals surface area contributed by atoms with Gasteiger partial charge < -0.3 is 18.9 Å². The van der Waals surface area contributed by atoms with Crippen LogP contribution < -0.4 is 0 Å². The van der Waals surface area contributed by atoms with Crippen LogP contribution in [0.1, 0.15) is 51.4 Å². The summed E-state index contributed by atoms with van der Waals surface area (Å²) in [4.78, 5) is 38.6. The van der Waals surface area contributed by atoms with E-state index in [0.717, 1.165) is 77.5 Å². The van der Waals surface area contributed by atoms with E-state index in [1.165, 1.54) is 0 Å². The molecule has 0 saturated heterocycles. The third kappa shape index (κ3) is 4.59. The molecule has 2 heterocycles. The molecule has 3 aliphatic rings.